The monoisotopic (exact) mass is 310 g/mol. The molecule has 0 bridgehead atoms. The lowest BCUT2D eigenvalue weighted by Gasteiger charge is -2.11. The molecule has 3 N–H and O–H groups in total. The Balaban J connectivity index is 2.40. The number of nitrogen functional groups attached to an aromatic ring is 1. The largest absolute Gasteiger partial charge is 0.399 e. The number of nitrogens with two attached hydrogens (primary N) is 1. The SMILES string of the molecule is Cc1cc(N)cc(S(=O)(=O)Nc2ccc(C)cc2Cl)c1. The highest BCUT2D eigenvalue weighted by molar-refractivity contribution is 7.92. The fourth-order valence-electron chi connectivity index (χ4n) is 1.84. The molecule has 0 fully saturated rings. The Labute approximate surface area is 123 Å². The van der Waals surface area contributed by atoms with Crippen molar-refractivity contribution < 1.29 is 8.42 Å². The summed E-state index contributed by atoms with van der Waals surface area (Å²) >= 11 is 6.03. The number of hydrogen-bond acceptors (Lipinski definition) is 3. The van der Waals surface area contributed by atoms with Gasteiger partial charge in [0.15, 0.2) is 0 Å². The van der Waals surface area contributed by atoms with Gasteiger partial charge in [-0.15, -0.1) is 0 Å². The minimum Gasteiger partial charge on any atom is -0.399 e. The molecule has 6 heteroatoms. The van der Waals surface area contributed by atoms with Crippen LogP contribution in [0.15, 0.2) is 41.3 Å². The molecule has 2 aromatic rings. The van der Waals surface area contributed by atoms with Crippen LogP contribution in [0.3, 0.4) is 0 Å². The highest BCUT2D eigenvalue weighted by Gasteiger charge is 2.16. The van der Waals surface area contributed by atoms with Crippen molar-refractivity contribution in [2.75, 3.05) is 10.5 Å². The van der Waals surface area contributed by atoms with E-state index in [9.17, 15) is 8.42 Å². The maximum absolute atomic E-state index is 12.3. The molecule has 0 aliphatic carbocycles. The molecule has 0 radical (unpaired) electrons. The molecule has 4 nitrogen and oxygen atoms in total. The van der Waals surface area contributed by atoms with Crippen LogP contribution in [0.25, 0.3) is 0 Å². The molecule has 0 heterocycles. The number of anilines is 2. The standard InChI is InChI=1S/C14H15ClN2O2S/c1-9-3-4-14(13(15)7-9)17-20(18,19)12-6-10(2)5-11(16)8-12/h3-8,17H,16H2,1-2H3. The topological polar surface area (TPSA) is 72.2 Å². The molecule has 0 aliphatic heterocycles. The van der Waals surface area contributed by atoms with Crippen LogP contribution in [0.4, 0.5) is 11.4 Å². The Morgan fingerprint density at radius 2 is 1.75 bits per heavy atom. The number of rotatable bonds is 3. The van der Waals surface area contributed by atoms with Crippen molar-refractivity contribution in [2.24, 2.45) is 0 Å². The van der Waals surface area contributed by atoms with Gasteiger partial charge in [0.1, 0.15) is 0 Å². The van der Waals surface area contributed by atoms with Crippen molar-refractivity contribution in [3.8, 4) is 0 Å². The minimum atomic E-state index is -3.71. The van der Waals surface area contributed by atoms with Crippen LogP contribution in [0, 0.1) is 13.8 Å². The van der Waals surface area contributed by atoms with Gasteiger partial charge in [-0.25, -0.2) is 8.42 Å². The first-order chi connectivity index (χ1) is 9.28. The summed E-state index contributed by atoms with van der Waals surface area (Å²) in [5, 5.41) is 0.356. The van der Waals surface area contributed by atoms with E-state index in [-0.39, 0.29) is 4.90 Å². The second-order valence-corrected chi connectivity index (χ2v) is 6.76. The summed E-state index contributed by atoms with van der Waals surface area (Å²) in [6, 6.07) is 9.79. The fraction of sp³-hybridized carbons (Fsp3) is 0.143. The highest BCUT2D eigenvalue weighted by Crippen LogP contribution is 2.26. The van der Waals surface area contributed by atoms with E-state index in [0.29, 0.717) is 16.4 Å². The average molecular weight is 311 g/mol. The normalized spacial score (nSPS) is 11.3. The first kappa shape index (κ1) is 14.7. The second-order valence-electron chi connectivity index (χ2n) is 4.67. The molecule has 0 saturated heterocycles. The van der Waals surface area contributed by atoms with E-state index in [1.165, 1.54) is 6.07 Å². The number of hydrogen-bond donors (Lipinski definition) is 2. The van der Waals surface area contributed by atoms with Crippen molar-refractivity contribution in [2.45, 2.75) is 18.7 Å². The van der Waals surface area contributed by atoms with E-state index >= 15 is 0 Å². The number of benzene rings is 2. The quantitative estimate of drug-likeness (QED) is 0.854. The van der Waals surface area contributed by atoms with Gasteiger partial charge in [0.25, 0.3) is 10.0 Å². The van der Waals surface area contributed by atoms with Gasteiger partial charge in [0.05, 0.1) is 15.6 Å². The summed E-state index contributed by atoms with van der Waals surface area (Å²) in [6.45, 7) is 3.67. The Bertz CT molecular complexity index is 738. The molecule has 20 heavy (non-hydrogen) atoms. The lowest BCUT2D eigenvalue weighted by molar-refractivity contribution is 0.601. The predicted molar refractivity (Wildman–Crippen MR) is 82.6 cm³/mol. The third-order valence-corrected chi connectivity index (χ3v) is 4.41. The molecule has 2 rings (SSSR count). The van der Waals surface area contributed by atoms with Gasteiger partial charge < -0.3 is 5.73 Å². The maximum atomic E-state index is 12.3. The summed E-state index contributed by atoms with van der Waals surface area (Å²) in [7, 11) is -3.71. The van der Waals surface area contributed by atoms with E-state index in [1.54, 1.807) is 37.3 Å². The predicted octanol–water partition coefficient (Wildman–Crippen LogP) is 3.34. The Morgan fingerprint density at radius 3 is 2.35 bits per heavy atom. The third-order valence-electron chi connectivity index (χ3n) is 2.75. The van der Waals surface area contributed by atoms with Crippen LogP contribution in [0.5, 0.6) is 0 Å². The fourth-order valence-corrected chi connectivity index (χ4v) is 3.39. The first-order valence-electron chi connectivity index (χ1n) is 5.94. The van der Waals surface area contributed by atoms with Gasteiger partial charge in [-0.05, 0) is 55.3 Å². The Hall–Kier alpha value is -1.72. The molecular formula is C14H15ClN2O2S. The van der Waals surface area contributed by atoms with Gasteiger partial charge >= 0.3 is 0 Å². The summed E-state index contributed by atoms with van der Waals surface area (Å²) in [6.07, 6.45) is 0. The lowest BCUT2D eigenvalue weighted by Crippen LogP contribution is -2.13. The van der Waals surface area contributed by atoms with E-state index in [4.69, 9.17) is 17.3 Å². The number of halogens is 1. The van der Waals surface area contributed by atoms with E-state index in [0.717, 1.165) is 11.1 Å². The molecule has 0 unspecified atom stereocenters. The molecule has 0 spiro atoms. The molecule has 106 valence electrons. The van der Waals surface area contributed by atoms with Crippen molar-refractivity contribution in [3.05, 3.63) is 52.5 Å². The van der Waals surface area contributed by atoms with Crippen LogP contribution in [-0.4, -0.2) is 8.42 Å². The van der Waals surface area contributed by atoms with Gasteiger partial charge in [-0.2, -0.15) is 0 Å². The molecule has 0 saturated carbocycles. The van der Waals surface area contributed by atoms with E-state index in [2.05, 4.69) is 4.72 Å². The third kappa shape index (κ3) is 3.23. The van der Waals surface area contributed by atoms with Crippen LogP contribution >= 0.6 is 11.6 Å². The zero-order chi connectivity index (χ0) is 14.9. The summed E-state index contributed by atoms with van der Waals surface area (Å²) in [5.74, 6) is 0. The zero-order valence-electron chi connectivity index (χ0n) is 11.1. The highest BCUT2D eigenvalue weighted by atomic mass is 35.5. The number of nitrogens with one attached hydrogen (secondary N) is 1. The molecule has 2 aromatic carbocycles. The van der Waals surface area contributed by atoms with Gasteiger partial charge in [0, 0.05) is 5.69 Å². The van der Waals surface area contributed by atoms with Crippen LogP contribution in [0.1, 0.15) is 11.1 Å². The Kier molecular flexibility index (Phi) is 3.92. The maximum Gasteiger partial charge on any atom is 0.262 e. The molecule has 0 amide bonds. The average Bonchev–Trinajstić information content (AvgIpc) is 2.31. The smallest absolute Gasteiger partial charge is 0.262 e. The van der Waals surface area contributed by atoms with Gasteiger partial charge in [-0.3, -0.25) is 4.72 Å². The second kappa shape index (κ2) is 5.34. The summed E-state index contributed by atoms with van der Waals surface area (Å²) < 4.78 is 27.1. The lowest BCUT2D eigenvalue weighted by atomic mass is 10.2. The van der Waals surface area contributed by atoms with Crippen molar-refractivity contribution >= 4 is 33.0 Å². The van der Waals surface area contributed by atoms with Crippen LogP contribution in [-0.2, 0) is 10.0 Å². The number of aryl methyl sites for hydroxylation is 2. The first-order valence-corrected chi connectivity index (χ1v) is 7.80. The minimum absolute atomic E-state index is 0.117. The van der Waals surface area contributed by atoms with Gasteiger partial charge in [-0.1, -0.05) is 17.7 Å². The van der Waals surface area contributed by atoms with E-state index in [1.807, 2.05) is 6.92 Å². The zero-order valence-corrected chi connectivity index (χ0v) is 12.7. The van der Waals surface area contributed by atoms with Crippen molar-refractivity contribution in [1.82, 2.24) is 0 Å². The number of sulfonamides is 1. The molecular weight excluding hydrogens is 296 g/mol. The Morgan fingerprint density at radius 1 is 1.05 bits per heavy atom. The summed E-state index contributed by atoms with van der Waals surface area (Å²) in [4.78, 5) is 0.117. The molecule has 0 atom stereocenters. The van der Waals surface area contributed by atoms with Crippen LogP contribution < -0.4 is 10.5 Å². The van der Waals surface area contributed by atoms with Crippen molar-refractivity contribution in [3.63, 3.8) is 0 Å². The van der Waals surface area contributed by atoms with Gasteiger partial charge in [0.2, 0.25) is 0 Å². The van der Waals surface area contributed by atoms with E-state index < -0.39 is 10.0 Å². The van der Waals surface area contributed by atoms with Crippen LogP contribution in [0.2, 0.25) is 5.02 Å². The molecule has 0 aliphatic rings. The molecule has 0 aromatic heterocycles. The van der Waals surface area contributed by atoms with Crippen molar-refractivity contribution in [1.29, 1.82) is 0 Å². The summed E-state index contributed by atoms with van der Waals surface area (Å²) in [5.41, 5.74) is 8.16.